The average Bonchev–Trinajstić information content (AvgIpc) is 3.15. The summed E-state index contributed by atoms with van der Waals surface area (Å²) < 4.78 is 0. The Kier molecular flexibility index (Phi) is 4.28. The Morgan fingerprint density at radius 3 is 2.76 bits per heavy atom. The Morgan fingerprint density at radius 1 is 1.12 bits per heavy atom. The maximum atomic E-state index is 12.8. The SMILES string of the molecule is NCc1cccc(C2CCN(C(=O)c3ccc4[nH]ccc4c3)CC2)c1. The summed E-state index contributed by atoms with van der Waals surface area (Å²) in [7, 11) is 0. The van der Waals surface area contributed by atoms with Crippen LogP contribution in [0.5, 0.6) is 0 Å². The molecule has 3 N–H and O–H groups in total. The molecule has 0 unspecified atom stereocenters. The second kappa shape index (κ2) is 6.73. The molecule has 128 valence electrons. The minimum absolute atomic E-state index is 0.136. The van der Waals surface area contributed by atoms with Crippen molar-refractivity contribution in [1.29, 1.82) is 0 Å². The van der Waals surface area contributed by atoms with E-state index in [-0.39, 0.29) is 5.91 Å². The van der Waals surface area contributed by atoms with Gasteiger partial charge in [-0.25, -0.2) is 0 Å². The van der Waals surface area contributed by atoms with Gasteiger partial charge in [0.15, 0.2) is 0 Å². The average molecular weight is 333 g/mol. The van der Waals surface area contributed by atoms with Crippen molar-refractivity contribution in [3.63, 3.8) is 0 Å². The van der Waals surface area contributed by atoms with Crippen molar-refractivity contribution < 1.29 is 4.79 Å². The van der Waals surface area contributed by atoms with Crippen LogP contribution < -0.4 is 5.73 Å². The molecule has 4 heteroatoms. The molecule has 0 atom stereocenters. The van der Waals surface area contributed by atoms with Gasteiger partial charge in [0, 0.05) is 42.3 Å². The third-order valence-electron chi connectivity index (χ3n) is 5.24. The second-order valence-electron chi connectivity index (χ2n) is 6.80. The van der Waals surface area contributed by atoms with Crippen LogP contribution in [0.1, 0.15) is 40.2 Å². The number of amides is 1. The van der Waals surface area contributed by atoms with E-state index in [4.69, 9.17) is 5.73 Å². The first-order chi connectivity index (χ1) is 12.2. The molecular weight excluding hydrogens is 310 g/mol. The van der Waals surface area contributed by atoms with Crippen molar-refractivity contribution in [1.82, 2.24) is 9.88 Å². The van der Waals surface area contributed by atoms with Crippen LogP contribution in [0.25, 0.3) is 10.9 Å². The zero-order chi connectivity index (χ0) is 17.2. The van der Waals surface area contributed by atoms with Gasteiger partial charge in [0.2, 0.25) is 0 Å². The van der Waals surface area contributed by atoms with Gasteiger partial charge in [-0.1, -0.05) is 24.3 Å². The molecule has 2 aromatic carbocycles. The molecule has 1 aliphatic heterocycles. The Bertz CT molecular complexity index is 891. The van der Waals surface area contributed by atoms with E-state index in [0.29, 0.717) is 12.5 Å². The van der Waals surface area contributed by atoms with Gasteiger partial charge in [0.05, 0.1) is 0 Å². The van der Waals surface area contributed by atoms with Crippen molar-refractivity contribution in [2.75, 3.05) is 13.1 Å². The largest absolute Gasteiger partial charge is 0.361 e. The molecule has 2 heterocycles. The Morgan fingerprint density at radius 2 is 1.96 bits per heavy atom. The minimum Gasteiger partial charge on any atom is -0.361 e. The number of benzene rings is 2. The molecular formula is C21H23N3O. The lowest BCUT2D eigenvalue weighted by molar-refractivity contribution is 0.0713. The highest BCUT2D eigenvalue weighted by molar-refractivity contribution is 5.98. The molecule has 0 saturated carbocycles. The van der Waals surface area contributed by atoms with Gasteiger partial charge < -0.3 is 15.6 Å². The smallest absolute Gasteiger partial charge is 0.253 e. The maximum Gasteiger partial charge on any atom is 0.253 e. The standard InChI is InChI=1S/C21H23N3O/c22-14-15-2-1-3-17(12-15)16-7-10-24(11-8-16)21(25)19-4-5-20-18(13-19)6-9-23-20/h1-6,9,12-13,16,23H,7-8,10-11,14,22H2. The quantitative estimate of drug-likeness (QED) is 0.768. The summed E-state index contributed by atoms with van der Waals surface area (Å²) in [6.07, 6.45) is 3.91. The van der Waals surface area contributed by atoms with E-state index < -0.39 is 0 Å². The number of nitrogens with one attached hydrogen (secondary N) is 1. The number of carbonyl (C=O) groups is 1. The molecule has 4 nitrogen and oxygen atoms in total. The first-order valence-electron chi connectivity index (χ1n) is 8.90. The van der Waals surface area contributed by atoms with Crippen molar-refractivity contribution in [3.05, 3.63) is 71.4 Å². The number of piperidine rings is 1. The fraction of sp³-hybridized carbons (Fsp3) is 0.286. The van der Waals surface area contributed by atoms with Crippen LogP contribution in [0.15, 0.2) is 54.7 Å². The highest BCUT2D eigenvalue weighted by Gasteiger charge is 2.24. The Labute approximate surface area is 147 Å². The van der Waals surface area contributed by atoms with Crippen LogP contribution >= 0.6 is 0 Å². The number of hydrogen-bond donors (Lipinski definition) is 2. The van der Waals surface area contributed by atoms with E-state index in [1.165, 1.54) is 11.1 Å². The van der Waals surface area contributed by atoms with Gasteiger partial charge in [-0.05, 0) is 54.2 Å². The lowest BCUT2D eigenvalue weighted by Gasteiger charge is -2.32. The fourth-order valence-electron chi connectivity index (χ4n) is 3.76. The van der Waals surface area contributed by atoms with Gasteiger partial charge in [0.25, 0.3) is 5.91 Å². The summed E-state index contributed by atoms with van der Waals surface area (Å²) >= 11 is 0. The fourth-order valence-corrected chi connectivity index (χ4v) is 3.76. The number of carbonyl (C=O) groups excluding carboxylic acids is 1. The van der Waals surface area contributed by atoms with Crippen LogP contribution in [0.4, 0.5) is 0 Å². The summed E-state index contributed by atoms with van der Waals surface area (Å²) in [5.74, 6) is 0.653. The maximum absolute atomic E-state index is 12.8. The number of nitrogens with zero attached hydrogens (tertiary/aromatic N) is 1. The van der Waals surface area contributed by atoms with Gasteiger partial charge >= 0.3 is 0 Å². The second-order valence-corrected chi connectivity index (χ2v) is 6.80. The number of rotatable bonds is 3. The predicted octanol–water partition coefficient (Wildman–Crippen LogP) is 3.65. The zero-order valence-corrected chi connectivity index (χ0v) is 14.2. The Hall–Kier alpha value is -2.59. The zero-order valence-electron chi connectivity index (χ0n) is 14.2. The molecule has 0 radical (unpaired) electrons. The van der Waals surface area contributed by atoms with Crippen LogP contribution in [0, 0.1) is 0 Å². The lowest BCUT2D eigenvalue weighted by atomic mass is 9.88. The molecule has 25 heavy (non-hydrogen) atoms. The molecule has 1 aromatic heterocycles. The molecule has 4 rings (SSSR count). The van der Waals surface area contributed by atoms with Crippen molar-refractivity contribution in [2.45, 2.75) is 25.3 Å². The van der Waals surface area contributed by atoms with Crippen molar-refractivity contribution in [2.24, 2.45) is 5.73 Å². The van der Waals surface area contributed by atoms with E-state index in [1.807, 2.05) is 35.4 Å². The summed E-state index contributed by atoms with van der Waals surface area (Å²) in [5.41, 5.74) is 10.1. The summed E-state index contributed by atoms with van der Waals surface area (Å²) in [4.78, 5) is 18.0. The monoisotopic (exact) mass is 333 g/mol. The van der Waals surface area contributed by atoms with Gasteiger partial charge in [-0.15, -0.1) is 0 Å². The number of aromatic nitrogens is 1. The third kappa shape index (κ3) is 3.17. The minimum atomic E-state index is 0.136. The number of fused-ring (bicyclic) bond motifs is 1. The van der Waals surface area contributed by atoms with E-state index >= 15 is 0 Å². The highest BCUT2D eigenvalue weighted by Crippen LogP contribution is 2.29. The van der Waals surface area contributed by atoms with Gasteiger partial charge in [0.1, 0.15) is 0 Å². The normalized spacial score (nSPS) is 15.6. The van der Waals surface area contributed by atoms with Crippen LogP contribution in [-0.2, 0) is 6.54 Å². The van der Waals surface area contributed by atoms with Crippen LogP contribution in [0.3, 0.4) is 0 Å². The summed E-state index contributed by atoms with van der Waals surface area (Å²) in [5, 5.41) is 1.08. The van der Waals surface area contributed by atoms with Crippen molar-refractivity contribution >= 4 is 16.8 Å². The molecule has 0 spiro atoms. The van der Waals surface area contributed by atoms with E-state index in [2.05, 4.69) is 29.2 Å². The molecule has 1 saturated heterocycles. The number of H-pyrrole nitrogens is 1. The number of nitrogens with two attached hydrogens (primary N) is 1. The topological polar surface area (TPSA) is 62.1 Å². The Balaban J connectivity index is 1.44. The highest BCUT2D eigenvalue weighted by atomic mass is 16.2. The number of aromatic amines is 1. The van der Waals surface area contributed by atoms with Gasteiger partial charge in [-0.2, -0.15) is 0 Å². The first-order valence-corrected chi connectivity index (χ1v) is 8.90. The van der Waals surface area contributed by atoms with E-state index in [0.717, 1.165) is 42.4 Å². The molecule has 3 aromatic rings. The van der Waals surface area contributed by atoms with E-state index in [9.17, 15) is 4.79 Å². The molecule has 0 bridgehead atoms. The molecule has 1 amide bonds. The van der Waals surface area contributed by atoms with Crippen LogP contribution in [-0.4, -0.2) is 28.9 Å². The van der Waals surface area contributed by atoms with E-state index in [1.54, 1.807) is 0 Å². The third-order valence-corrected chi connectivity index (χ3v) is 5.24. The summed E-state index contributed by atoms with van der Waals surface area (Å²) in [6, 6.07) is 16.4. The van der Waals surface area contributed by atoms with Gasteiger partial charge in [-0.3, -0.25) is 4.79 Å². The van der Waals surface area contributed by atoms with Crippen LogP contribution in [0.2, 0.25) is 0 Å². The first kappa shape index (κ1) is 15.9. The molecule has 0 aliphatic carbocycles. The lowest BCUT2D eigenvalue weighted by Crippen LogP contribution is -2.37. The van der Waals surface area contributed by atoms with Crippen molar-refractivity contribution in [3.8, 4) is 0 Å². The number of likely N-dealkylation sites (tertiary alicyclic amines) is 1. The molecule has 1 fully saturated rings. The summed E-state index contributed by atoms with van der Waals surface area (Å²) in [6.45, 7) is 2.19. The predicted molar refractivity (Wildman–Crippen MR) is 101 cm³/mol. The number of hydrogen-bond acceptors (Lipinski definition) is 2. The molecule has 1 aliphatic rings.